The fourth-order valence-electron chi connectivity index (χ4n) is 3.61. The van der Waals surface area contributed by atoms with Crippen LogP contribution in [0.5, 0.6) is 0 Å². The first-order chi connectivity index (χ1) is 11.6. The normalized spacial score (nSPS) is 15.9. The second-order valence-corrected chi connectivity index (χ2v) is 7.07. The number of aryl methyl sites for hydroxylation is 3. The first-order valence-corrected chi connectivity index (χ1v) is 9.19. The SMILES string of the molecule is Cc1ccc(N2CCC(NCCCc3c(C)n[nH]c3C)CC2)cc1. The lowest BCUT2D eigenvalue weighted by Crippen LogP contribution is -2.42. The number of benzene rings is 1. The van der Waals surface area contributed by atoms with Gasteiger partial charge in [0, 0.05) is 30.5 Å². The summed E-state index contributed by atoms with van der Waals surface area (Å²) in [5.41, 5.74) is 6.46. The van der Waals surface area contributed by atoms with E-state index in [-0.39, 0.29) is 0 Å². The van der Waals surface area contributed by atoms with Crippen molar-refractivity contribution in [3.63, 3.8) is 0 Å². The zero-order valence-electron chi connectivity index (χ0n) is 15.2. The zero-order valence-corrected chi connectivity index (χ0v) is 15.2. The van der Waals surface area contributed by atoms with Crippen molar-refractivity contribution in [2.24, 2.45) is 0 Å². The lowest BCUT2D eigenvalue weighted by molar-refractivity contribution is 0.413. The molecule has 4 nitrogen and oxygen atoms in total. The molecule has 24 heavy (non-hydrogen) atoms. The van der Waals surface area contributed by atoms with Crippen LogP contribution in [0.2, 0.25) is 0 Å². The highest BCUT2D eigenvalue weighted by Crippen LogP contribution is 2.20. The van der Waals surface area contributed by atoms with Crippen LogP contribution < -0.4 is 10.2 Å². The summed E-state index contributed by atoms with van der Waals surface area (Å²) in [6.45, 7) is 9.75. The maximum absolute atomic E-state index is 4.28. The van der Waals surface area contributed by atoms with Crippen LogP contribution in [0.3, 0.4) is 0 Å². The number of nitrogens with one attached hydrogen (secondary N) is 2. The molecule has 1 aromatic carbocycles. The molecule has 0 radical (unpaired) electrons. The fourth-order valence-corrected chi connectivity index (χ4v) is 3.61. The topological polar surface area (TPSA) is 44.0 Å². The maximum atomic E-state index is 4.28. The van der Waals surface area contributed by atoms with Crippen LogP contribution in [0.4, 0.5) is 5.69 Å². The van der Waals surface area contributed by atoms with Gasteiger partial charge in [-0.3, -0.25) is 5.10 Å². The molecule has 0 unspecified atom stereocenters. The quantitative estimate of drug-likeness (QED) is 0.798. The van der Waals surface area contributed by atoms with E-state index in [1.165, 1.54) is 41.8 Å². The van der Waals surface area contributed by atoms with Crippen LogP contribution in [-0.4, -0.2) is 35.9 Å². The summed E-state index contributed by atoms with van der Waals surface area (Å²) in [7, 11) is 0. The Hall–Kier alpha value is -1.81. The van der Waals surface area contributed by atoms with Gasteiger partial charge in [-0.25, -0.2) is 0 Å². The number of hydrogen-bond donors (Lipinski definition) is 2. The first-order valence-electron chi connectivity index (χ1n) is 9.19. The molecule has 1 aliphatic heterocycles. The van der Waals surface area contributed by atoms with Crippen LogP contribution in [0, 0.1) is 20.8 Å². The molecule has 130 valence electrons. The zero-order chi connectivity index (χ0) is 16.9. The molecule has 4 heteroatoms. The average Bonchev–Trinajstić information content (AvgIpc) is 2.92. The number of nitrogens with zero attached hydrogens (tertiary/aromatic N) is 2. The number of H-pyrrole nitrogens is 1. The summed E-state index contributed by atoms with van der Waals surface area (Å²) in [4.78, 5) is 2.51. The fraction of sp³-hybridized carbons (Fsp3) is 0.550. The smallest absolute Gasteiger partial charge is 0.0625 e. The Morgan fingerprint density at radius 1 is 1.12 bits per heavy atom. The van der Waals surface area contributed by atoms with Crippen LogP contribution in [0.25, 0.3) is 0 Å². The number of anilines is 1. The molecule has 0 aliphatic carbocycles. The molecule has 0 amide bonds. The Kier molecular flexibility index (Phi) is 5.56. The van der Waals surface area contributed by atoms with Crippen molar-refractivity contribution in [3.8, 4) is 0 Å². The minimum absolute atomic E-state index is 0.665. The second-order valence-electron chi connectivity index (χ2n) is 7.07. The van der Waals surface area contributed by atoms with E-state index in [4.69, 9.17) is 0 Å². The second kappa shape index (κ2) is 7.84. The van der Waals surface area contributed by atoms with E-state index in [1.807, 2.05) is 0 Å². The van der Waals surface area contributed by atoms with Gasteiger partial charge in [-0.2, -0.15) is 5.10 Å². The van der Waals surface area contributed by atoms with Crippen molar-refractivity contribution in [2.75, 3.05) is 24.5 Å². The molecule has 0 spiro atoms. The Morgan fingerprint density at radius 2 is 1.83 bits per heavy atom. The predicted molar refractivity (Wildman–Crippen MR) is 101 cm³/mol. The lowest BCUT2D eigenvalue weighted by Gasteiger charge is -2.34. The number of aromatic nitrogens is 2. The third kappa shape index (κ3) is 4.18. The molecule has 0 bridgehead atoms. The maximum Gasteiger partial charge on any atom is 0.0625 e. The number of rotatable bonds is 6. The number of piperidine rings is 1. The summed E-state index contributed by atoms with van der Waals surface area (Å²) in [6.07, 6.45) is 4.76. The third-order valence-corrected chi connectivity index (χ3v) is 5.21. The first kappa shape index (κ1) is 17.0. The third-order valence-electron chi connectivity index (χ3n) is 5.21. The summed E-state index contributed by atoms with van der Waals surface area (Å²) >= 11 is 0. The van der Waals surface area contributed by atoms with Crippen molar-refractivity contribution in [3.05, 3.63) is 46.8 Å². The molecule has 2 aromatic rings. The van der Waals surface area contributed by atoms with Gasteiger partial charge in [0.25, 0.3) is 0 Å². The predicted octanol–water partition coefficient (Wildman–Crippen LogP) is 3.53. The summed E-state index contributed by atoms with van der Waals surface area (Å²) in [6, 6.07) is 9.58. The molecule has 0 saturated carbocycles. The summed E-state index contributed by atoms with van der Waals surface area (Å²) < 4.78 is 0. The molecule has 0 atom stereocenters. The van der Waals surface area contributed by atoms with Crippen molar-refractivity contribution >= 4 is 5.69 Å². The minimum Gasteiger partial charge on any atom is -0.371 e. The van der Waals surface area contributed by atoms with Gasteiger partial charge >= 0.3 is 0 Å². The molecular formula is C20H30N4. The van der Waals surface area contributed by atoms with Crippen molar-refractivity contribution in [1.29, 1.82) is 0 Å². The van der Waals surface area contributed by atoms with Crippen molar-refractivity contribution < 1.29 is 0 Å². The van der Waals surface area contributed by atoms with E-state index in [9.17, 15) is 0 Å². The monoisotopic (exact) mass is 326 g/mol. The molecule has 1 aliphatic rings. The van der Waals surface area contributed by atoms with E-state index in [2.05, 4.69) is 65.5 Å². The van der Waals surface area contributed by atoms with Gasteiger partial charge in [0.2, 0.25) is 0 Å². The van der Waals surface area contributed by atoms with Crippen molar-refractivity contribution in [2.45, 2.75) is 52.5 Å². The molecule has 2 N–H and O–H groups in total. The summed E-state index contributed by atoms with van der Waals surface area (Å²) in [5.74, 6) is 0. The van der Waals surface area contributed by atoms with Gasteiger partial charge in [0.05, 0.1) is 5.69 Å². The van der Waals surface area contributed by atoms with Gasteiger partial charge in [-0.1, -0.05) is 17.7 Å². The van der Waals surface area contributed by atoms with Gasteiger partial charge < -0.3 is 10.2 Å². The number of aromatic amines is 1. The van der Waals surface area contributed by atoms with Crippen LogP contribution in [0.1, 0.15) is 41.8 Å². The Bertz CT molecular complexity index is 617. The molecular weight excluding hydrogens is 296 g/mol. The molecule has 3 rings (SSSR count). The van der Waals surface area contributed by atoms with E-state index in [1.54, 1.807) is 0 Å². The minimum atomic E-state index is 0.665. The number of hydrogen-bond acceptors (Lipinski definition) is 3. The summed E-state index contributed by atoms with van der Waals surface area (Å²) in [5, 5.41) is 11.1. The highest BCUT2D eigenvalue weighted by Gasteiger charge is 2.18. The van der Waals surface area contributed by atoms with Gasteiger partial charge in [0.15, 0.2) is 0 Å². The standard InChI is InChI=1S/C20H30N4/c1-15-6-8-19(9-7-15)24-13-10-18(11-14-24)21-12-4-5-20-16(2)22-23-17(20)3/h6-9,18,21H,4-5,10-14H2,1-3H3,(H,22,23). The van der Waals surface area contributed by atoms with Gasteiger partial charge in [0.1, 0.15) is 0 Å². The van der Waals surface area contributed by atoms with Gasteiger partial charge in [-0.15, -0.1) is 0 Å². The molecule has 1 aromatic heterocycles. The highest BCUT2D eigenvalue weighted by atomic mass is 15.1. The average molecular weight is 326 g/mol. The van der Waals surface area contributed by atoms with E-state index in [0.29, 0.717) is 6.04 Å². The Balaban J connectivity index is 1.37. The van der Waals surface area contributed by atoms with E-state index >= 15 is 0 Å². The molecule has 1 saturated heterocycles. The van der Waals surface area contributed by atoms with Crippen LogP contribution in [-0.2, 0) is 6.42 Å². The van der Waals surface area contributed by atoms with E-state index < -0.39 is 0 Å². The molecule has 1 fully saturated rings. The Morgan fingerprint density at radius 3 is 2.46 bits per heavy atom. The molecule has 2 heterocycles. The van der Waals surface area contributed by atoms with Crippen LogP contribution in [0.15, 0.2) is 24.3 Å². The van der Waals surface area contributed by atoms with Gasteiger partial charge in [-0.05, 0) is 70.7 Å². The lowest BCUT2D eigenvalue weighted by atomic mass is 10.0. The largest absolute Gasteiger partial charge is 0.371 e. The highest BCUT2D eigenvalue weighted by molar-refractivity contribution is 5.47. The van der Waals surface area contributed by atoms with Crippen molar-refractivity contribution in [1.82, 2.24) is 15.5 Å². The van der Waals surface area contributed by atoms with Crippen LogP contribution >= 0.6 is 0 Å². The Labute approximate surface area is 145 Å². The van der Waals surface area contributed by atoms with E-state index in [0.717, 1.165) is 31.7 Å².